The molecule has 1 saturated heterocycles. The monoisotopic (exact) mass is 253 g/mol. The van der Waals surface area contributed by atoms with Crippen molar-refractivity contribution in [3.05, 3.63) is 12.2 Å². The Morgan fingerprint density at radius 3 is 2.72 bits per heavy atom. The van der Waals surface area contributed by atoms with Crippen molar-refractivity contribution in [1.82, 2.24) is 9.80 Å². The van der Waals surface area contributed by atoms with Crippen molar-refractivity contribution in [3.8, 4) is 0 Å². The van der Waals surface area contributed by atoms with Gasteiger partial charge in [0.1, 0.15) is 0 Å². The molecule has 0 aliphatic carbocycles. The van der Waals surface area contributed by atoms with Crippen molar-refractivity contribution in [2.45, 2.75) is 33.2 Å². The zero-order chi connectivity index (χ0) is 13.7. The van der Waals surface area contributed by atoms with Gasteiger partial charge in [-0.15, -0.1) is 0 Å². The predicted octanol–water partition coefficient (Wildman–Crippen LogP) is 1.08. The van der Waals surface area contributed by atoms with Crippen LogP contribution < -0.4 is 5.73 Å². The van der Waals surface area contributed by atoms with Crippen molar-refractivity contribution in [2.75, 3.05) is 32.7 Å². The molecule has 1 rings (SSSR count). The molecule has 1 aliphatic heterocycles. The Morgan fingerprint density at radius 1 is 1.56 bits per heavy atom. The zero-order valence-corrected chi connectivity index (χ0v) is 12.0. The summed E-state index contributed by atoms with van der Waals surface area (Å²) in [7, 11) is 0. The Bertz CT molecular complexity index is 303. The first-order chi connectivity index (χ1) is 8.43. The molecule has 4 heteroatoms. The zero-order valence-electron chi connectivity index (χ0n) is 12.0. The van der Waals surface area contributed by atoms with Crippen LogP contribution >= 0.6 is 0 Å². The molecule has 2 N–H and O–H groups in total. The van der Waals surface area contributed by atoms with Crippen LogP contribution in [0.3, 0.4) is 0 Å². The van der Waals surface area contributed by atoms with Crippen LogP contribution in [0.15, 0.2) is 12.2 Å². The maximum atomic E-state index is 12.2. The highest BCUT2D eigenvalue weighted by molar-refractivity contribution is 5.78. The molecule has 0 aromatic carbocycles. The van der Waals surface area contributed by atoms with E-state index in [1.807, 2.05) is 18.7 Å². The summed E-state index contributed by atoms with van der Waals surface area (Å²) in [5.41, 5.74) is 7.08. The Morgan fingerprint density at radius 2 is 2.22 bits per heavy atom. The standard InChI is InChI=1S/C14H27N3O/c1-5-17(8-11(2)3)14(18)10-16-7-6-12(4)13(15)9-16/h12-13H,2,5-10,15H2,1,3-4H3. The van der Waals surface area contributed by atoms with Gasteiger partial charge in [0.05, 0.1) is 6.54 Å². The summed E-state index contributed by atoms with van der Waals surface area (Å²) in [6.45, 7) is 13.7. The summed E-state index contributed by atoms with van der Waals surface area (Å²) in [5, 5.41) is 0. The van der Waals surface area contributed by atoms with Gasteiger partial charge < -0.3 is 10.6 Å². The smallest absolute Gasteiger partial charge is 0.237 e. The highest BCUT2D eigenvalue weighted by Crippen LogP contribution is 2.15. The molecular weight excluding hydrogens is 226 g/mol. The summed E-state index contributed by atoms with van der Waals surface area (Å²) in [5.74, 6) is 0.747. The molecular formula is C14H27N3O. The normalized spacial score (nSPS) is 24.9. The number of nitrogens with two attached hydrogens (primary N) is 1. The van der Waals surface area contributed by atoms with Crippen molar-refractivity contribution >= 4 is 5.91 Å². The van der Waals surface area contributed by atoms with Gasteiger partial charge in [0.2, 0.25) is 5.91 Å². The lowest BCUT2D eigenvalue weighted by Gasteiger charge is -2.35. The maximum absolute atomic E-state index is 12.2. The lowest BCUT2D eigenvalue weighted by molar-refractivity contribution is -0.132. The average molecular weight is 253 g/mol. The van der Waals surface area contributed by atoms with E-state index >= 15 is 0 Å². The van der Waals surface area contributed by atoms with Crippen LogP contribution in [0.25, 0.3) is 0 Å². The van der Waals surface area contributed by atoms with Gasteiger partial charge in [-0.3, -0.25) is 9.69 Å². The molecule has 4 nitrogen and oxygen atoms in total. The maximum Gasteiger partial charge on any atom is 0.237 e. The van der Waals surface area contributed by atoms with Crippen molar-refractivity contribution < 1.29 is 4.79 Å². The molecule has 0 saturated carbocycles. The second-order valence-electron chi connectivity index (χ2n) is 5.53. The van der Waals surface area contributed by atoms with E-state index in [0.29, 0.717) is 19.0 Å². The fourth-order valence-electron chi connectivity index (χ4n) is 2.31. The van der Waals surface area contributed by atoms with Crippen LogP contribution in [-0.2, 0) is 4.79 Å². The topological polar surface area (TPSA) is 49.6 Å². The third-order valence-electron chi connectivity index (χ3n) is 3.65. The summed E-state index contributed by atoms with van der Waals surface area (Å²) in [6.07, 6.45) is 1.08. The Balaban J connectivity index is 2.45. The van der Waals surface area contributed by atoms with Crippen LogP contribution in [0.1, 0.15) is 27.2 Å². The number of amides is 1. The molecule has 0 radical (unpaired) electrons. The van der Waals surface area contributed by atoms with Gasteiger partial charge in [-0.05, 0) is 32.7 Å². The number of piperidine rings is 1. The van der Waals surface area contributed by atoms with E-state index in [9.17, 15) is 4.79 Å². The third kappa shape index (κ3) is 4.42. The second-order valence-corrected chi connectivity index (χ2v) is 5.53. The van der Waals surface area contributed by atoms with Crippen LogP contribution in [0.2, 0.25) is 0 Å². The van der Waals surface area contributed by atoms with E-state index in [2.05, 4.69) is 18.4 Å². The van der Waals surface area contributed by atoms with E-state index in [4.69, 9.17) is 5.73 Å². The fourth-order valence-corrected chi connectivity index (χ4v) is 2.31. The summed E-state index contributed by atoms with van der Waals surface area (Å²) >= 11 is 0. The van der Waals surface area contributed by atoms with Crippen LogP contribution in [0.5, 0.6) is 0 Å². The number of carbonyl (C=O) groups excluding carboxylic acids is 1. The molecule has 18 heavy (non-hydrogen) atoms. The first-order valence-electron chi connectivity index (χ1n) is 6.84. The van der Waals surface area contributed by atoms with Crippen molar-refractivity contribution in [2.24, 2.45) is 11.7 Å². The molecule has 1 aliphatic rings. The quantitative estimate of drug-likeness (QED) is 0.746. The lowest BCUT2D eigenvalue weighted by Crippen LogP contribution is -2.51. The van der Waals surface area contributed by atoms with E-state index in [-0.39, 0.29) is 11.9 Å². The van der Waals surface area contributed by atoms with E-state index in [1.54, 1.807) is 0 Å². The molecule has 104 valence electrons. The fraction of sp³-hybridized carbons (Fsp3) is 0.786. The number of hydrogen-bond donors (Lipinski definition) is 1. The molecule has 1 fully saturated rings. The molecule has 2 unspecified atom stereocenters. The molecule has 0 spiro atoms. The van der Waals surface area contributed by atoms with Gasteiger partial charge in [0, 0.05) is 25.7 Å². The molecule has 0 aromatic rings. The minimum Gasteiger partial charge on any atom is -0.338 e. The van der Waals surface area contributed by atoms with Crippen molar-refractivity contribution in [1.29, 1.82) is 0 Å². The van der Waals surface area contributed by atoms with Gasteiger partial charge in [-0.25, -0.2) is 0 Å². The first-order valence-corrected chi connectivity index (χ1v) is 6.84. The van der Waals surface area contributed by atoms with E-state index in [1.165, 1.54) is 0 Å². The van der Waals surface area contributed by atoms with Gasteiger partial charge in [-0.1, -0.05) is 19.1 Å². The molecule has 1 heterocycles. The molecule has 0 bridgehead atoms. The summed E-state index contributed by atoms with van der Waals surface area (Å²) in [4.78, 5) is 16.2. The number of carbonyl (C=O) groups is 1. The predicted molar refractivity (Wildman–Crippen MR) is 75.3 cm³/mol. The highest BCUT2D eigenvalue weighted by Gasteiger charge is 2.25. The molecule has 1 amide bonds. The number of hydrogen-bond acceptors (Lipinski definition) is 3. The first kappa shape index (κ1) is 15.2. The number of nitrogens with zero attached hydrogens (tertiary/aromatic N) is 2. The number of likely N-dealkylation sites (N-methyl/N-ethyl adjacent to an activating group) is 1. The van der Waals surface area contributed by atoms with Gasteiger partial charge >= 0.3 is 0 Å². The van der Waals surface area contributed by atoms with Crippen LogP contribution in [0.4, 0.5) is 0 Å². The van der Waals surface area contributed by atoms with Crippen molar-refractivity contribution in [3.63, 3.8) is 0 Å². The minimum atomic E-state index is 0.183. The summed E-state index contributed by atoms with van der Waals surface area (Å²) < 4.78 is 0. The molecule has 2 atom stereocenters. The Kier molecular flexibility index (Phi) is 5.82. The van der Waals surface area contributed by atoms with Crippen LogP contribution in [0, 0.1) is 5.92 Å². The second kappa shape index (κ2) is 6.90. The Labute approximate surface area is 111 Å². The molecule has 0 aromatic heterocycles. The lowest BCUT2D eigenvalue weighted by atomic mass is 9.94. The Hall–Kier alpha value is -0.870. The van der Waals surface area contributed by atoms with Gasteiger partial charge in [-0.2, -0.15) is 0 Å². The largest absolute Gasteiger partial charge is 0.338 e. The van der Waals surface area contributed by atoms with E-state index < -0.39 is 0 Å². The van der Waals surface area contributed by atoms with Gasteiger partial charge in [0.15, 0.2) is 0 Å². The highest BCUT2D eigenvalue weighted by atomic mass is 16.2. The number of rotatable bonds is 5. The average Bonchev–Trinajstić information content (AvgIpc) is 2.30. The SMILES string of the molecule is C=C(C)CN(CC)C(=O)CN1CCC(C)C(N)C1. The third-order valence-corrected chi connectivity index (χ3v) is 3.65. The van der Waals surface area contributed by atoms with Gasteiger partial charge in [0.25, 0.3) is 0 Å². The minimum absolute atomic E-state index is 0.183. The summed E-state index contributed by atoms with van der Waals surface area (Å²) in [6, 6.07) is 0.197. The number of likely N-dealkylation sites (tertiary alicyclic amines) is 1. The van der Waals surface area contributed by atoms with Crippen LogP contribution in [-0.4, -0.2) is 54.5 Å². The van der Waals surface area contributed by atoms with E-state index in [0.717, 1.165) is 31.6 Å².